The van der Waals surface area contributed by atoms with E-state index in [0.29, 0.717) is 5.76 Å². The van der Waals surface area contributed by atoms with Gasteiger partial charge in [-0.2, -0.15) is 0 Å². The minimum atomic E-state index is -3.68. The zero-order valence-corrected chi connectivity index (χ0v) is 9.61. The summed E-state index contributed by atoms with van der Waals surface area (Å²) in [6.45, 7) is 3.16. The van der Waals surface area contributed by atoms with E-state index in [2.05, 4.69) is 4.98 Å². The summed E-state index contributed by atoms with van der Waals surface area (Å²) < 4.78 is 32.5. The zero-order valence-electron chi connectivity index (χ0n) is 8.80. The molecule has 0 bridgehead atoms. The topological polar surface area (TPSA) is 95.4 Å². The first kappa shape index (κ1) is 12.2. The summed E-state index contributed by atoms with van der Waals surface area (Å²) in [5, 5.41) is 4.12. The maximum absolute atomic E-state index is 11.1. The number of aryl methyl sites for hydroxylation is 1. The van der Waals surface area contributed by atoms with Gasteiger partial charge in [-0.3, -0.25) is 0 Å². The van der Waals surface area contributed by atoms with Crippen LogP contribution in [0.4, 0.5) is 0 Å². The van der Waals surface area contributed by atoms with Crippen LogP contribution < -0.4 is 5.14 Å². The highest BCUT2D eigenvalue weighted by molar-refractivity contribution is 7.89. The largest absolute Gasteiger partial charge is 0.443 e. The molecule has 86 valence electrons. The van der Waals surface area contributed by atoms with Crippen LogP contribution in [0.1, 0.15) is 24.7 Å². The predicted octanol–water partition coefficient (Wildman–Crippen LogP) is 0.348. The zero-order chi connectivity index (χ0) is 11.6. The molecule has 1 heterocycles. The molecule has 0 aliphatic carbocycles. The normalized spacial score (nSPS) is 16.3. The van der Waals surface area contributed by atoms with Gasteiger partial charge in [0.2, 0.25) is 15.9 Å². The Hall–Kier alpha value is -0.920. The number of rotatable bonds is 4. The van der Waals surface area contributed by atoms with Crippen molar-refractivity contribution in [3.05, 3.63) is 17.8 Å². The van der Waals surface area contributed by atoms with Gasteiger partial charge in [-0.05, 0) is 13.8 Å². The lowest BCUT2D eigenvalue weighted by Gasteiger charge is -2.17. The van der Waals surface area contributed by atoms with Gasteiger partial charge >= 0.3 is 0 Å². The summed E-state index contributed by atoms with van der Waals surface area (Å²) in [6, 6.07) is 0. The molecule has 0 saturated carbocycles. The van der Waals surface area contributed by atoms with Crippen molar-refractivity contribution in [1.29, 1.82) is 0 Å². The lowest BCUT2D eigenvalue weighted by Crippen LogP contribution is -2.32. The molecule has 15 heavy (non-hydrogen) atoms. The van der Waals surface area contributed by atoms with Crippen LogP contribution in [0.5, 0.6) is 0 Å². The number of nitrogens with zero attached hydrogens (tertiary/aromatic N) is 1. The Kier molecular flexibility index (Phi) is 3.48. The fourth-order valence-corrected chi connectivity index (χ4v) is 1.74. The van der Waals surface area contributed by atoms with Crippen LogP contribution in [0.15, 0.2) is 10.6 Å². The van der Waals surface area contributed by atoms with E-state index in [1.54, 1.807) is 6.92 Å². The highest BCUT2D eigenvalue weighted by Crippen LogP contribution is 2.23. The van der Waals surface area contributed by atoms with Crippen molar-refractivity contribution in [1.82, 2.24) is 4.98 Å². The number of nitrogens with two attached hydrogens (primary N) is 1. The summed E-state index contributed by atoms with van der Waals surface area (Å²) >= 11 is 0. The summed E-state index contributed by atoms with van der Waals surface area (Å²) in [6.07, 6.45) is 0.714. The molecule has 1 rings (SSSR count). The van der Waals surface area contributed by atoms with Gasteiger partial charge in [-0.15, -0.1) is 0 Å². The second-order valence-electron chi connectivity index (χ2n) is 3.26. The standard InChI is InChI=1S/C8H14N2O4S/c1-5-4-10-8(14-5)7(13-3)6(2)15(9,11)12/h4,6-7H,1-3H3,(H2,9,11,12)/t6-,7-/m1/s1. The average molecular weight is 234 g/mol. The van der Waals surface area contributed by atoms with E-state index >= 15 is 0 Å². The molecule has 0 saturated heterocycles. The van der Waals surface area contributed by atoms with Crippen molar-refractivity contribution in [3.8, 4) is 0 Å². The molecule has 0 aromatic carbocycles. The predicted molar refractivity (Wildman–Crippen MR) is 53.6 cm³/mol. The molecule has 0 radical (unpaired) electrons. The van der Waals surface area contributed by atoms with Gasteiger partial charge in [0.25, 0.3) is 0 Å². The molecule has 7 heteroatoms. The van der Waals surface area contributed by atoms with Crippen LogP contribution in [0.2, 0.25) is 0 Å². The lowest BCUT2D eigenvalue weighted by atomic mass is 10.3. The lowest BCUT2D eigenvalue weighted by molar-refractivity contribution is 0.0778. The highest BCUT2D eigenvalue weighted by Gasteiger charge is 2.31. The Bertz CT molecular complexity index is 426. The van der Waals surface area contributed by atoms with E-state index < -0.39 is 21.4 Å². The van der Waals surface area contributed by atoms with E-state index in [1.807, 2.05) is 0 Å². The summed E-state index contributed by atoms with van der Waals surface area (Å²) in [4.78, 5) is 3.91. The average Bonchev–Trinajstić information content (AvgIpc) is 2.51. The van der Waals surface area contributed by atoms with Crippen molar-refractivity contribution in [2.24, 2.45) is 5.14 Å². The SMILES string of the molecule is CO[C@@H](c1ncc(C)o1)[C@@H](C)S(N)(=O)=O. The molecule has 0 unspecified atom stereocenters. The number of methoxy groups -OCH3 is 1. The van der Waals surface area contributed by atoms with E-state index in [9.17, 15) is 8.42 Å². The van der Waals surface area contributed by atoms with Crippen LogP contribution in [-0.4, -0.2) is 25.8 Å². The molecule has 6 nitrogen and oxygen atoms in total. The third kappa shape index (κ3) is 2.77. The summed E-state index contributed by atoms with van der Waals surface area (Å²) in [5.41, 5.74) is 0. The number of ether oxygens (including phenoxy) is 1. The van der Waals surface area contributed by atoms with Crippen LogP contribution >= 0.6 is 0 Å². The molecule has 0 amide bonds. The van der Waals surface area contributed by atoms with Crippen LogP contribution in [-0.2, 0) is 14.8 Å². The van der Waals surface area contributed by atoms with E-state index in [4.69, 9.17) is 14.3 Å². The Morgan fingerprint density at radius 2 is 2.20 bits per heavy atom. The van der Waals surface area contributed by atoms with E-state index in [0.717, 1.165) is 0 Å². The number of aromatic nitrogens is 1. The molecular weight excluding hydrogens is 220 g/mol. The third-order valence-corrected chi connectivity index (χ3v) is 3.36. The van der Waals surface area contributed by atoms with Crippen molar-refractivity contribution in [3.63, 3.8) is 0 Å². The molecule has 0 aliphatic heterocycles. The molecule has 2 N–H and O–H groups in total. The molecule has 0 fully saturated rings. The monoisotopic (exact) mass is 234 g/mol. The maximum atomic E-state index is 11.1. The number of hydrogen-bond acceptors (Lipinski definition) is 5. The minimum absolute atomic E-state index is 0.219. The van der Waals surface area contributed by atoms with Crippen molar-refractivity contribution >= 4 is 10.0 Å². The smallest absolute Gasteiger partial charge is 0.224 e. The molecular formula is C8H14N2O4S. The number of primary sulfonamides is 1. The van der Waals surface area contributed by atoms with Gasteiger partial charge in [0, 0.05) is 7.11 Å². The van der Waals surface area contributed by atoms with E-state index in [-0.39, 0.29) is 5.89 Å². The van der Waals surface area contributed by atoms with Gasteiger partial charge in [-0.25, -0.2) is 18.5 Å². The fourth-order valence-electron chi connectivity index (χ4n) is 1.17. The number of sulfonamides is 1. The summed E-state index contributed by atoms with van der Waals surface area (Å²) in [5.74, 6) is 0.810. The van der Waals surface area contributed by atoms with Crippen LogP contribution in [0, 0.1) is 6.92 Å². The van der Waals surface area contributed by atoms with Crippen molar-refractivity contribution in [2.45, 2.75) is 25.2 Å². The summed E-state index contributed by atoms with van der Waals surface area (Å²) in [7, 11) is -2.30. The second-order valence-corrected chi connectivity index (χ2v) is 5.18. The second kappa shape index (κ2) is 4.30. The van der Waals surface area contributed by atoms with Gasteiger partial charge < -0.3 is 9.15 Å². The minimum Gasteiger partial charge on any atom is -0.443 e. The van der Waals surface area contributed by atoms with Crippen molar-refractivity contribution < 1.29 is 17.6 Å². The Morgan fingerprint density at radius 1 is 1.60 bits per heavy atom. The Balaban J connectivity index is 2.99. The van der Waals surface area contributed by atoms with Crippen molar-refractivity contribution in [2.75, 3.05) is 7.11 Å². The van der Waals surface area contributed by atoms with Gasteiger partial charge in [0.05, 0.1) is 6.20 Å². The van der Waals surface area contributed by atoms with Crippen LogP contribution in [0.3, 0.4) is 0 Å². The highest BCUT2D eigenvalue weighted by atomic mass is 32.2. The molecule has 0 aliphatic rings. The maximum Gasteiger partial charge on any atom is 0.224 e. The quantitative estimate of drug-likeness (QED) is 0.810. The first-order valence-electron chi connectivity index (χ1n) is 4.33. The van der Waals surface area contributed by atoms with E-state index in [1.165, 1.54) is 20.2 Å². The van der Waals surface area contributed by atoms with Crippen LogP contribution in [0.25, 0.3) is 0 Å². The first-order chi connectivity index (χ1) is 6.86. The van der Waals surface area contributed by atoms with Gasteiger partial charge in [-0.1, -0.05) is 0 Å². The van der Waals surface area contributed by atoms with Gasteiger partial charge in [0.15, 0.2) is 6.10 Å². The Morgan fingerprint density at radius 3 is 2.53 bits per heavy atom. The number of hydrogen-bond donors (Lipinski definition) is 1. The Labute approximate surface area is 88.5 Å². The molecule has 1 aromatic heterocycles. The molecule has 2 atom stereocenters. The molecule has 0 spiro atoms. The number of oxazole rings is 1. The third-order valence-electron chi connectivity index (χ3n) is 2.08. The fraction of sp³-hybridized carbons (Fsp3) is 0.625. The van der Waals surface area contributed by atoms with Gasteiger partial charge in [0.1, 0.15) is 11.0 Å². The molecule has 1 aromatic rings. The first-order valence-corrected chi connectivity index (χ1v) is 5.94.